The second-order valence-corrected chi connectivity index (χ2v) is 4.66. The maximum absolute atomic E-state index is 10.5. The molecule has 0 aliphatic carbocycles. The first kappa shape index (κ1) is 16.4. The molecule has 5 heteroatoms. The van der Waals surface area contributed by atoms with Gasteiger partial charge in [-0.15, -0.1) is 0 Å². The van der Waals surface area contributed by atoms with E-state index in [4.69, 9.17) is 10.5 Å². The standard InChI is InChI=1S/C7H11N2O2.C4H9.U/c8-6-1-5-2-11-3-7(6)9(5)4-10;1-4(2)3;/h5-7H,1-3,8H2;1-3H3;/q2*-1;+2. The molecule has 0 saturated carbocycles. The summed E-state index contributed by atoms with van der Waals surface area (Å²) in [5.74, 6) is 1.42. The van der Waals surface area contributed by atoms with Crippen LogP contribution in [-0.2, 0) is 9.53 Å². The molecule has 90 valence electrons. The predicted octanol–water partition coefficient (Wildman–Crippen LogP) is 0.475. The Morgan fingerprint density at radius 2 is 1.94 bits per heavy atom. The third-order valence-electron chi connectivity index (χ3n) is 2.49. The molecule has 2 heterocycles. The molecule has 0 aromatic heterocycles. The van der Waals surface area contributed by atoms with Crippen LogP contribution in [0.3, 0.4) is 0 Å². The summed E-state index contributed by atoms with van der Waals surface area (Å²) in [6.07, 6.45) is 2.78. The van der Waals surface area contributed by atoms with Gasteiger partial charge in [0.25, 0.3) is 0 Å². The van der Waals surface area contributed by atoms with Crippen molar-refractivity contribution in [3.05, 3.63) is 5.92 Å². The summed E-state index contributed by atoms with van der Waals surface area (Å²) >= 11 is 0. The van der Waals surface area contributed by atoms with Gasteiger partial charge < -0.3 is 26.1 Å². The van der Waals surface area contributed by atoms with Crippen molar-refractivity contribution in [2.75, 3.05) is 13.2 Å². The van der Waals surface area contributed by atoms with E-state index < -0.39 is 0 Å². The first-order chi connectivity index (χ1) is 7.06. The Kier molecular flexibility index (Phi) is 7.92. The molecule has 0 spiro atoms. The molecule has 2 aliphatic rings. The molecule has 2 N–H and O–H groups in total. The summed E-state index contributed by atoms with van der Waals surface area (Å²) in [6, 6.07) is 0.344. The van der Waals surface area contributed by atoms with Crippen molar-refractivity contribution in [2.24, 2.45) is 5.73 Å². The van der Waals surface area contributed by atoms with Gasteiger partial charge in [-0.05, 0) is 6.42 Å². The summed E-state index contributed by atoms with van der Waals surface area (Å²) in [5.41, 5.74) is 5.79. The molecular weight excluding hydrogens is 430 g/mol. The minimum atomic E-state index is 0. The predicted molar refractivity (Wildman–Crippen MR) is 58.8 cm³/mol. The summed E-state index contributed by atoms with van der Waals surface area (Å²) in [6.45, 7) is 7.45. The second kappa shape index (κ2) is 7.71. The van der Waals surface area contributed by atoms with E-state index in [1.807, 2.05) is 6.41 Å². The second-order valence-electron chi connectivity index (χ2n) is 4.66. The average Bonchev–Trinajstić information content (AvgIpc) is 2.31. The zero-order valence-electron chi connectivity index (χ0n) is 10.2. The van der Waals surface area contributed by atoms with Crippen molar-refractivity contribution in [3.8, 4) is 0 Å². The molecule has 2 saturated heterocycles. The zero-order valence-corrected chi connectivity index (χ0v) is 14.4. The number of carbonyl (C=O) groups excluding carboxylic acids is 1. The van der Waals surface area contributed by atoms with Gasteiger partial charge in [-0.2, -0.15) is 27.2 Å². The number of rotatable bonds is 1. The molecule has 2 bridgehead atoms. The number of morpholine rings is 1. The Bertz CT molecular complexity index is 211. The third-order valence-corrected chi connectivity index (χ3v) is 2.49. The van der Waals surface area contributed by atoms with E-state index in [-0.39, 0.29) is 49.2 Å². The van der Waals surface area contributed by atoms with Crippen LogP contribution in [0.5, 0.6) is 0 Å². The van der Waals surface area contributed by atoms with Crippen molar-refractivity contribution in [1.29, 1.82) is 0 Å². The summed E-state index contributed by atoms with van der Waals surface area (Å²) in [5, 5.41) is 0. The van der Waals surface area contributed by atoms with Gasteiger partial charge in [-0.25, -0.2) is 0 Å². The normalized spacial score (nSPS) is 31.6. The van der Waals surface area contributed by atoms with Crippen molar-refractivity contribution < 1.29 is 40.6 Å². The Balaban J connectivity index is 0.000000397. The van der Waals surface area contributed by atoms with E-state index in [1.165, 1.54) is 5.92 Å². The molecule has 2 fully saturated rings. The largest absolute Gasteiger partial charge is 2.00 e. The fourth-order valence-corrected chi connectivity index (χ4v) is 1.88. The maximum Gasteiger partial charge on any atom is 2.00 e. The van der Waals surface area contributed by atoms with Crippen molar-refractivity contribution in [3.63, 3.8) is 0 Å². The van der Waals surface area contributed by atoms with Gasteiger partial charge in [-0.3, -0.25) is 0 Å². The van der Waals surface area contributed by atoms with Gasteiger partial charge in [0.2, 0.25) is 0 Å². The quantitative estimate of drug-likeness (QED) is 0.592. The van der Waals surface area contributed by atoms with Gasteiger partial charge in [0.05, 0.1) is 13.2 Å². The van der Waals surface area contributed by atoms with Crippen LogP contribution in [-0.4, -0.2) is 42.6 Å². The molecule has 4 nitrogen and oxygen atoms in total. The van der Waals surface area contributed by atoms with Crippen LogP contribution < -0.4 is 5.73 Å². The van der Waals surface area contributed by atoms with E-state index in [0.717, 1.165) is 6.42 Å². The SMILES string of the molecule is C[C-](C)C.NC1CC2COCC1N2[C-]=O.[U+2]. The molecule has 3 unspecified atom stereocenters. The van der Waals surface area contributed by atoms with E-state index in [0.29, 0.717) is 13.2 Å². The molecule has 2 aliphatic heterocycles. The van der Waals surface area contributed by atoms with Crippen LogP contribution in [0.1, 0.15) is 27.2 Å². The van der Waals surface area contributed by atoms with Gasteiger partial charge in [0.15, 0.2) is 0 Å². The average molecular weight is 450 g/mol. The van der Waals surface area contributed by atoms with Crippen LogP contribution in [0.4, 0.5) is 0 Å². The number of ether oxygens (including phenoxy) is 1. The molecule has 0 aromatic carbocycles. The number of amides is 1. The molecule has 0 radical (unpaired) electrons. The molecule has 16 heavy (non-hydrogen) atoms. The summed E-state index contributed by atoms with van der Waals surface area (Å²) in [7, 11) is 0. The Morgan fingerprint density at radius 1 is 1.38 bits per heavy atom. The monoisotopic (exact) mass is 450 g/mol. The first-order valence-corrected chi connectivity index (χ1v) is 5.32. The molecule has 0 aromatic rings. The smallest absolute Gasteiger partial charge is 0.520 e. The maximum atomic E-state index is 10.5. The van der Waals surface area contributed by atoms with Crippen LogP contribution in [0.15, 0.2) is 0 Å². The fourth-order valence-electron chi connectivity index (χ4n) is 1.88. The number of nitrogens with two attached hydrogens (primary N) is 1. The fraction of sp³-hybridized carbons (Fsp3) is 0.818. The summed E-state index contributed by atoms with van der Waals surface area (Å²) in [4.78, 5) is 12.1. The van der Waals surface area contributed by atoms with E-state index >= 15 is 0 Å². The number of hydrogen-bond acceptors (Lipinski definition) is 3. The summed E-state index contributed by atoms with van der Waals surface area (Å²) < 4.78 is 5.26. The van der Waals surface area contributed by atoms with Crippen molar-refractivity contribution in [1.82, 2.24) is 4.90 Å². The van der Waals surface area contributed by atoms with Crippen LogP contribution in [0, 0.1) is 37.0 Å². The number of nitrogens with zero attached hydrogens (tertiary/aromatic N) is 1. The zero-order chi connectivity index (χ0) is 11.4. The first-order valence-electron chi connectivity index (χ1n) is 5.32. The Morgan fingerprint density at radius 3 is 2.31 bits per heavy atom. The Labute approximate surface area is 122 Å². The molecular formula is C11H20N2O2U. The van der Waals surface area contributed by atoms with Crippen LogP contribution >= 0.6 is 0 Å². The van der Waals surface area contributed by atoms with E-state index in [1.54, 1.807) is 4.90 Å². The molecule has 1 amide bonds. The van der Waals surface area contributed by atoms with Gasteiger partial charge in [0, 0.05) is 18.1 Å². The minimum absolute atomic E-state index is 0. The van der Waals surface area contributed by atoms with E-state index in [2.05, 4.69) is 20.8 Å². The molecule has 3 atom stereocenters. The number of fused-ring (bicyclic) bond motifs is 2. The van der Waals surface area contributed by atoms with Crippen molar-refractivity contribution >= 4 is 6.41 Å². The number of hydrogen-bond donors (Lipinski definition) is 1. The van der Waals surface area contributed by atoms with Gasteiger partial charge >= 0.3 is 31.1 Å². The molecule has 2 rings (SSSR count). The van der Waals surface area contributed by atoms with Crippen LogP contribution in [0.25, 0.3) is 0 Å². The minimum Gasteiger partial charge on any atom is -0.520 e. The van der Waals surface area contributed by atoms with Gasteiger partial charge in [-0.1, -0.05) is 0 Å². The third kappa shape index (κ3) is 4.37. The van der Waals surface area contributed by atoms with Crippen LogP contribution in [0.2, 0.25) is 0 Å². The Hall–Kier alpha value is 0.442. The topological polar surface area (TPSA) is 55.6 Å². The van der Waals surface area contributed by atoms with Crippen molar-refractivity contribution in [2.45, 2.75) is 45.3 Å². The van der Waals surface area contributed by atoms with E-state index in [9.17, 15) is 4.79 Å². The van der Waals surface area contributed by atoms with Gasteiger partial charge in [0.1, 0.15) is 0 Å².